The number of hydrogen-bond acceptors (Lipinski definition) is 7. The van der Waals surface area contributed by atoms with Gasteiger partial charge in [0.1, 0.15) is 4.90 Å². The van der Waals surface area contributed by atoms with E-state index in [4.69, 9.17) is 11.6 Å². The van der Waals surface area contributed by atoms with Crippen LogP contribution in [-0.2, 0) is 17.1 Å². The van der Waals surface area contributed by atoms with Gasteiger partial charge in [-0.1, -0.05) is 23.6 Å². The SMILES string of the molecule is CCNS(=O)(=O)c1c(OC(F)(F)F)ccc(C(=O)Nc2nnnn2C)c1Cl. The number of sulfonamides is 1. The van der Waals surface area contributed by atoms with Gasteiger partial charge in [-0.2, -0.15) is 0 Å². The minimum atomic E-state index is -5.17. The van der Waals surface area contributed by atoms with Crippen LogP contribution in [0.3, 0.4) is 0 Å². The summed E-state index contributed by atoms with van der Waals surface area (Å²) in [6.45, 7) is 1.28. The van der Waals surface area contributed by atoms with Crippen molar-refractivity contribution in [2.24, 2.45) is 7.05 Å². The Labute approximate surface area is 155 Å². The molecule has 1 aromatic heterocycles. The predicted molar refractivity (Wildman–Crippen MR) is 85.7 cm³/mol. The number of carbonyl (C=O) groups excluding carboxylic acids is 1. The molecule has 2 aromatic rings. The number of aromatic nitrogens is 4. The minimum absolute atomic E-state index is 0.0947. The van der Waals surface area contributed by atoms with Crippen LogP contribution < -0.4 is 14.8 Å². The monoisotopic (exact) mass is 428 g/mol. The molecule has 0 spiro atoms. The number of nitrogens with zero attached hydrogens (tertiary/aromatic N) is 4. The van der Waals surface area contributed by atoms with E-state index in [1.807, 2.05) is 4.72 Å². The van der Waals surface area contributed by atoms with Gasteiger partial charge in [0, 0.05) is 13.6 Å². The molecule has 0 saturated carbocycles. The average molecular weight is 429 g/mol. The standard InChI is InChI=1S/C12H12ClF3N6O4S/c1-3-17-27(24,25)9-7(26-12(14,15)16)5-4-6(8(9)13)10(23)18-11-19-20-21-22(11)2/h4-5,17H,3H2,1-2H3,(H,18,19,21,23). The molecule has 1 amide bonds. The van der Waals surface area contributed by atoms with Gasteiger partial charge < -0.3 is 4.74 Å². The van der Waals surface area contributed by atoms with Crippen molar-refractivity contribution in [2.75, 3.05) is 11.9 Å². The Bertz CT molecular complexity index is 963. The van der Waals surface area contributed by atoms with E-state index in [-0.39, 0.29) is 12.5 Å². The Kier molecular flexibility index (Phi) is 5.91. The molecule has 1 aromatic carbocycles. The maximum absolute atomic E-state index is 12.6. The first kappa shape index (κ1) is 20.9. The van der Waals surface area contributed by atoms with Gasteiger partial charge in [-0.05, 0) is 22.6 Å². The van der Waals surface area contributed by atoms with E-state index in [1.54, 1.807) is 0 Å². The number of benzene rings is 1. The van der Waals surface area contributed by atoms with Crippen molar-refractivity contribution < 1.29 is 31.1 Å². The lowest BCUT2D eigenvalue weighted by atomic mass is 10.2. The molecule has 0 atom stereocenters. The maximum atomic E-state index is 12.6. The van der Waals surface area contributed by atoms with Crippen LogP contribution in [0.25, 0.3) is 0 Å². The van der Waals surface area contributed by atoms with E-state index < -0.39 is 43.5 Å². The van der Waals surface area contributed by atoms with Gasteiger partial charge in [-0.3, -0.25) is 10.1 Å². The number of anilines is 1. The first-order valence-electron chi connectivity index (χ1n) is 7.08. The molecular weight excluding hydrogens is 417 g/mol. The lowest BCUT2D eigenvalue weighted by Crippen LogP contribution is -2.27. The average Bonchev–Trinajstić information content (AvgIpc) is 2.90. The van der Waals surface area contributed by atoms with Crippen LogP contribution in [0.5, 0.6) is 5.75 Å². The second-order valence-corrected chi connectivity index (χ2v) is 6.97. The summed E-state index contributed by atoms with van der Waals surface area (Å²) in [5, 5.41) is 11.8. The molecule has 0 bridgehead atoms. The quantitative estimate of drug-likeness (QED) is 0.709. The summed E-state index contributed by atoms with van der Waals surface area (Å²) < 4.78 is 69.2. The van der Waals surface area contributed by atoms with Gasteiger partial charge in [-0.15, -0.1) is 13.2 Å². The second kappa shape index (κ2) is 7.66. The molecule has 27 heavy (non-hydrogen) atoms. The van der Waals surface area contributed by atoms with Crippen LogP contribution in [0, 0.1) is 0 Å². The highest BCUT2D eigenvalue weighted by Crippen LogP contribution is 2.37. The third-order valence-electron chi connectivity index (χ3n) is 2.98. The van der Waals surface area contributed by atoms with Gasteiger partial charge in [0.2, 0.25) is 16.0 Å². The summed E-state index contributed by atoms with van der Waals surface area (Å²) in [4.78, 5) is 11.3. The molecule has 15 heteroatoms. The number of nitrogens with one attached hydrogen (secondary N) is 2. The number of ether oxygens (including phenoxy) is 1. The normalized spacial score (nSPS) is 12.1. The van der Waals surface area contributed by atoms with E-state index in [0.29, 0.717) is 6.07 Å². The molecule has 2 rings (SSSR count). The fourth-order valence-corrected chi connectivity index (χ4v) is 3.73. The Morgan fingerprint density at radius 1 is 1.37 bits per heavy atom. The first-order chi connectivity index (χ1) is 12.5. The van der Waals surface area contributed by atoms with Gasteiger partial charge in [0.25, 0.3) is 5.91 Å². The van der Waals surface area contributed by atoms with Crippen LogP contribution in [0.15, 0.2) is 17.0 Å². The molecule has 2 N–H and O–H groups in total. The largest absolute Gasteiger partial charge is 0.573 e. The first-order valence-corrected chi connectivity index (χ1v) is 8.94. The predicted octanol–water partition coefficient (Wildman–Crippen LogP) is 1.31. The Balaban J connectivity index is 2.55. The Morgan fingerprint density at radius 2 is 2.04 bits per heavy atom. The topological polar surface area (TPSA) is 128 Å². The molecule has 10 nitrogen and oxygen atoms in total. The summed E-state index contributed by atoms with van der Waals surface area (Å²) in [5.41, 5.74) is -0.425. The van der Waals surface area contributed by atoms with Crippen LogP contribution in [0.4, 0.5) is 19.1 Å². The highest BCUT2D eigenvalue weighted by Gasteiger charge is 2.36. The molecule has 1 heterocycles. The van der Waals surface area contributed by atoms with Crippen LogP contribution >= 0.6 is 11.6 Å². The number of carbonyl (C=O) groups is 1. The number of halogens is 4. The number of rotatable bonds is 6. The maximum Gasteiger partial charge on any atom is 0.573 e. The Morgan fingerprint density at radius 3 is 2.56 bits per heavy atom. The summed E-state index contributed by atoms with van der Waals surface area (Å²) in [7, 11) is -3.09. The van der Waals surface area contributed by atoms with Crippen molar-refractivity contribution in [3.8, 4) is 5.75 Å². The van der Waals surface area contributed by atoms with Gasteiger partial charge in [-0.25, -0.2) is 17.8 Å². The highest BCUT2D eigenvalue weighted by atomic mass is 35.5. The lowest BCUT2D eigenvalue weighted by molar-refractivity contribution is -0.275. The molecular formula is C12H12ClF3N6O4S. The molecule has 0 aliphatic rings. The molecule has 0 aliphatic carbocycles. The summed E-state index contributed by atoms with van der Waals surface area (Å²) in [6.07, 6.45) is -5.17. The summed E-state index contributed by atoms with van der Waals surface area (Å²) in [5.74, 6) is -2.11. The van der Waals surface area contributed by atoms with Gasteiger partial charge in [0.05, 0.1) is 10.6 Å². The van der Waals surface area contributed by atoms with Crippen LogP contribution in [-0.4, -0.2) is 47.4 Å². The van der Waals surface area contributed by atoms with Gasteiger partial charge >= 0.3 is 6.36 Å². The van der Waals surface area contributed by atoms with Crippen molar-refractivity contribution in [3.63, 3.8) is 0 Å². The van der Waals surface area contributed by atoms with Crippen molar-refractivity contribution >= 4 is 33.5 Å². The molecule has 0 unspecified atom stereocenters. The third-order valence-corrected chi connectivity index (χ3v) is 5.10. The Hall–Kier alpha value is -2.45. The van der Waals surface area contributed by atoms with E-state index in [1.165, 1.54) is 14.0 Å². The number of aryl methyl sites for hydroxylation is 1. The second-order valence-electron chi connectivity index (χ2n) is 4.88. The fraction of sp³-hybridized carbons (Fsp3) is 0.333. The van der Waals surface area contributed by atoms with Crippen molar-refractivity contribution in [2.45, 2.75) is 18.2 Å². The number of hydrogen-bond donors (Lipinski definition) is 2. The van der Waals surface area contributed by atoms with Crippen molar-refractivity contribution in [1.29, 1.82) is 0 Å². The molecule has 0 radical (unpaired) electrons. The van der Waals surface area contributed by atoms with E-state index in [0.717, 1.165) is 10.7 Å². The van der Waals surface area contributed by atoms with Crippen LogP contribution in [0.2, 0.25) is 5.02 Å². The minimum Gasteiger partial charge on any atom is -0.404 e. The van der Waals surface area contributed by atoms with E-state index in [2.05, 4.69) is 25.6 Å². The van der Waals surface area contributed by atoms with E-state index in [9.17, 15) is 26.4 Å². The fourth-order valence-electron chi connectivity index (χ4n) is 1.94. The number of alkyl halides is 3. The number of amides is 1. The van der Waals surface area contributed by atoms with Crippen molar-refractivity contribution in [3.05, 3.63) is 22.7 Å². The smallest absolute Gasteiger partial charge is 0.404 e. The summed E-state index contributed by atoms with van der Waals surface area (Å²) in [6, 6.07) is 1.56. The molecule has 0 saturated heterocycles. The third kappa shape index (κ3) is 4.84. The highest BCUT2D eigenvalue weighted by molar-refractivity contribution is 7.89. The van der Waals surface area contributed by atoms with Crippen LogP contribution in [0.1, 0.15) is 17.3 Å². The molecule has 148 valence electrons. The zero-order valence-electron chi connectivity index (χ0n) is 13.7. The summed E-state index contributed by atoms with van der Waals surface area (Å²) >= 11 is 5.95. The number of tetrazole rings is 1. The van der Waals surface area contributed by atoms with Crippen molar-refractivity contribution in [1.82, 2.24) is 24.9 Å². The zero-order valence-corrected chi connectivity index (χ0v) is 15.3. The molecule has 0 fully saturated rings. The molecule has 0 aliphatic heterocycles. The van der Waals surface area contributed by atoms with Gasteiger partial charge in [0.15, 0.2) is 5.75 Å². The zero-order chi connectivity index (χ0) is 20.4. The lowest BCUT2D eigenvalue weighted by Gasteiger charge is -2.16. The van der Waals surface area contributed by atoms with E-state index >= 15 is 0 Å².